The summed E-state index contributed by atoms with van der Waals surface area (Å²) in [6.07, 6.45) is 1.62. The molecule has 2 fully saturated rings. The van der Waals surface area contributed by atoms with Crippen LogP contribution in [0, 0.1) is 0 Å². The van der Waals surface area contributed by atoms with Crippen LogP contribution in [0.5, 0.6) is 0 Å². The predicted octanol–water partition coefficient (Wildman–Crippen LogP) is 1.63. The molecular weight excluding hydrogens is 290 g/mol. The van der Waals surface area contributed by atoms with Gasteiger partial charge in [0.2, 0.25) is 5.91 Å². The second kappa shape index (κ2) is 6.71. The van der Waals surface area contributed by atoms with Gasteiger partial charge in [0.25, 0.3) is 5.91 Å². The van der Waals surface area contributed by atoms with Crippen LogP contribution in [-0.4, -0.2) is 53.3 Å². The minimum Gasteiger partial charge on any atom is -0.338 e. The Morgan fingerprint density at radius 3 is 2.61 bits per heavy atom. The van der Waals surface area contributed by atoms with Gasteiger partial charge in [-0.1, -0.05) is 12.1 Å². The molecule has 0 saturated carbocycles. The van der Waals surface area contributed by atoms with Crippen LogP contribution >= 0.6 is 0 Å². The number of benzene rings is 1. The molecule has 3 rings (SSSR count). The zero-order valence-corrected chi connectivity index (χ0v) is 13.9. The number of amides is 2. The van der Waals surface area contributed by atoms with E-state index < -0.39 is 0 Å². The number of piperazine rings is 1. The van der Waals surface area contributed by atoms with Gasteiger partial charge in [-0.15, -0.1) is 0 Å². The van der Waals surface area contributed by atoms with Crippen molar-refractivity contribution in [3.8, 4) is 0 Å². The summed E-state index contributed by atoms with van der Waals surface area (Å²) in [4.78, 5) is 28.2. The van der Waals surface area contributed by atoms with Crippen molar-refractivity contribution < 1.29 is 9.59 Å². The molecule has 1 aromatic rings. The Morgan fingerprint density at radius 2 is 1.96 bits per heavy atom. The zero-order valence-electron chi connectivity index (χ0n) is 13.9. The standard InChI is InChI=1S/C18H25N3O2/c1-13-14(2)21(11-9-19-13)18(23)16-7-5-15(6-8-16)12-20-10-3-4-17(20)22/h5-8,13-14,19H,3-4,9-12H2,1-2H3. The van der Waals surface area contributed by atoms with Gasteiger partial charge in [0.15, 0.2) is 0 Å². The van der Waals surface area contributed by atoms with Crippen molar-refractivity contribution >= 4 is 11.8 Å². The fourth-order valence-corrected chi connectivity index (χ4v) is 3.35. The molecule has 2 unspecified atom stereocenters. The second-order valence-electron chi connectivity index (χ2n) is 6.60. The van der Waals surface area contributed by atoms with Crippen molar-refractivity contribution in [2.75, 3.05) is 19.6 Å². The van der Waals surface area contributed by atoms with Gasteiger partial charge in [-0.05, 0) is 38.0 Å². The van der Waals surface area contributed by atoms with Crippen molar-refractivity contribution in [3.63, 3.8) is 0 Å². The Labute approximate surface area is 137 Å². The van der Waals surface area contributed by atoms with Gasteiger partial charge < -0.3 is 15.1 Å². The molecule has 124 valence electrons. The van der Waals surface area contributed by atoms with Crippen molar-refractivity contribution in [3.05, 3.63) is 35.4 Å². The van der Waals surface area contributed by atoms with Crippen LogP contribution in [0.4, 0.5) is 0 Å². The van der Waals surface area contributed by atoms with Crippen LogP contribution in [0.15, 0.2) is 24.3 Å². The first kappa shape index (κ1) is 16.0. The Balaban J connectivity index is 1.66. The molecule has 2 heterocycles. The van der Waals surface area contributed by atoms with Crippen molar-refractivity contribution in [2.24, 2.45) is 0 Å². The molecule has 2 atom stereocenters. The minimum absolute atomic E-state index is 0.0923. The number of nitrogens with zero attached hydrogens (tertiary/aromatic N) is 2. The Bertz CT molecular complexity index is 584. The van der Waals surface area contributed by atoms with E-state index in [9.17, 15) is 9.59 Å². The summed E-state index contributed by atoms with van der Waals surface area (Å²) in [6, 6.07) is 8.21. The summed E-state index contributed by atoms with van der Waals surface area (Å²) in [5.41, 5.74) is 1.81. The zero-order chi connectivity index (χ0) is 16.4. The maximum Gasteiger partial charge on any atom is 0.254 e. The fourth-order valence-electron chi connectivity index (χ4n) is 3.35. The third kappa shape index (κ3) is 3.39. The molecule has 1 N–H and O–H groups in total. The van der Waals surface area contributed by atoms with Gasteiger partial charge in [0.05, 0.1) is 0 Å². The van der Waals surface area contributed by atoms with Crippen molar-refractivity contribution in [2.45, 2.75) is 45.3 Å². The van der Waals surface area contributed by atoms with Crippen LogP contribution in [0.2, 0.25) is 0 Å². The largest absolute Gasteiger partial charge is 0.338 e. The first-order chi connectivity index (χ1) is 11.1. The average Bonchev–Trinajstić information content (AvgIpc) is 2.95. The first-order valence-corrected chi connectivity index (χ1v) is 8.47. The molecule has 23 heavy (non-hydrogen) atoms. The van der Waals surface area contributed by atoms with E-state index in [1.807, 2.05) is 34.1 Å². The highest BCUT2D eigenvalue weighted by molar-refractivity contribution is 5.94. The Hall–Kier alpha value is -1.88. The molecule has 0 bridgehead atoms. The van der Waals surface area contributed by atoms with E-state index in [0.29, 0.717) is 19.0 Å². The molecule has 0 radical (unpaired) electrons. The molecular formula is C18H25N3O2. The smallest absolute Gasteiger partial charge is 0.254 e. The summed E-state index contributed by atoms with van der Waals surface area (Å²) in [5, 5.41) is 3.39. The maximum absolute atomic E-state index is 12.7. The van der Waals surface area contributed by atoms with Crippen molar-refractivity contribution in [1.82, 2.24) is 15.1 Å². The van der Waals surface area contributed by atoms with E-state index in [1.54, 1.807) is 0 Å². The third-order valence-electron chi connectivity index (χ3n) is 5.04. The minimum atomic E-state index is 0.0923. The first-order valence-electron chi connectivity index (χ1n) is 8.47. The fraction of sp³-hybridized carbons (Fsp3) is 0.556. The number of carbonyl (C=O) groups is 2. The Kier molecular flexibility index (Phi) is 4.66. The summed E-state index contributed by atoms with van der Waals surface area (Å²) in [5.74, 6) is 0.323. The van der Waals surface area contributed by atoms with E-state index in [0.717, 1.165) is 37.2 Å². The van der Waals surface area contributed by atoms with Crippen LogP contribution in [-0.2, 0) is 11.3 Å². The van der Waals surface area contributed by atoms with Gasteiger partial charge in [-0.25, -0.2) is 0 Å². The average molecular weight is 315 g/mol. The van der Waals surface area contributed by atoms with Crippen LogP contribution in [0.1, 0.15) is 42.6 Å². The number of hydrogen-bond acceptors (Lipinski definition) is 3. The summed E-state index contributed by atoms with van der Waals surface area (Å²) in [6.45, 7) is 7.27. The van der Waals surface area contributed by atoms with Crippen LogP contribution in [0.25, 0.3) is 0 Å². The van der Waals surface area contributed by atoms with Gasteiger partial charge in [-0.2, -0.15) is 0 Å². The molecule has 0 aromatic heterocycles. The van der Waals surface area contributed by atoms with E-state index in [1.165, 1.54) is 0 Å². The monoisotopic (exact) mass is 315 g/mol. The molecule has 2 saturated heterocycles. The summed E-state index contributed by atoms with van der Waals surface area (Å²) >= 11 is 0. The number of hydrogen-bond donors (Lipinski definition) is 1. The van der Waals surface area contributed by atoms with Gasteiger partial charge >= 0.3 is 0 Å². The lowest BCUT2D eigenvalue weighted by molar-refractivity contribution is -0.128. The van der Waals surface area contributed by atoms with Crippen molar-refractivity contribution in [1.29, 1.82) is 0 Å². The second-order valence-corrected chi connectivity index (χ2v) is 6.60. The highest BCUT2D eigenvalue weighted by atomic mass is 16.2. The molecule has 0 aliphatic carbocycles. The molecule has 5 nitrogen and oxygen atoms in total. The van der Waals surface area contributed by atoms with Gasteiger partial charge in [0.1, 0.15) is 0 Å². The lowest BCUT2D eigenvalue weighted by Crippen LogP contribution is -2.57. The van der Waals surface area contributed by atoms with Crippen LogP contribution < -0.4 is 5.32 Å². The van der Waals surface area contributed by atoms with E-state index in [2.05, 4.69) is 19.2 Å². The maximum atomic E-state index is 12.7. The van der Waals surface area contributed by atoms with Crippen LogP contribution in [0.3, 0.4) is 0 Å². The van der Waals surface area contributed by atoms with Gasteiger partial charge in [-0.3, -0.25) is 9.59 Å². The predicted molar refractivity (Wildman–Crippen MR) is 89.1 cm³/mol. The molecule has 2 aliphatic rings. The number of rotatable bonds is 3. The molecule has 1 aromatic carbocycles. The lowest BCUT2D eigenvalue weighted by atomic mass is 10.0. The molecule has 2 amide bonds. The normalized spacial score (nSPS) is 25.0. The molecule has 2 aliphatic heterocycles. The third-order valence-corrected chi connectivity index (χ3v) is 5.04. The highest BCUT2D eigenvalue weighted by Crippen LogP contribution is 2.17. The highest BCUT2D eigenvalue weighted by Gasteiger charge is 2.28. The molecule has 0 spiro atoms. The van der Waals surface area contributed by atoms with E-state index >= 15 is 0 Å². The number of carbonyl (C=O) groups excluding carboxylic acids is 2. The number of nitrogens with one attached hydrogen (secondary N) is 1. The molecule has 5 heteroatoms. The van der Waals surface area contributed by atoms with Gasteiger partial charge in [0, 0.05) is 50.2 Å². The summed E-state index contributed by atoms with van der Waals surface area (Å²) < 4.78 is 0. The quantitative estimate of drug-likeness (QED) is 0.922. The SMILES string of the molecule is CC1NCCN(C(=O)c2ccc(CN3CCCC3=O)cc2)C1C. The van der Waals surface area contributed by atoms with E-state index in [-0.39, 0.29) is 17.9 Å². The summed E-state index contributed by atoms with van der Waals surface area (Å²) in [7, 11) is 0. The number of likely N-dealkylation sites (tertiary alicyclic amines) is 1. The van der Waals surface area contributed by atoms with E-state index in [4.69, 9.17) is 0 Å². The topological polar surface area (TPSA) is 52.7 Å². The lowest BCUT2D eigenvalue weighted by Gasteiger charge is -2.38. The Morgan fingerprint density at radius 1 is 1.22 bits per heavy atom.